The Balaban J connectivity index is 2.33. The van der Waals surface area contributed by atoms with Gasteiger partial charge in [-0.05, 0) is 25.6 Å². The van der Waals surface area contributed by atoms with Crippen LogP contribution in [0.15, 0.2) is 29.2 Å². The molecule has 0 radical (unpaired) electrons. The summed E-state index contributed by atoms with van der Waals surface area (Å²) in [7, 11) is -3.66. The molecule has 6 nitrogen and oxygen atoms in total. The Morgan fingerprint density at radius 3 is 2.45 bits per heavy atom. The monoisotopic (exact) mass is 323 g/mol. The van der Waals surface area contributed by atoms with Crippen molar-refractivity contribution < 1.29 is 13.5 Å². The van der Waals surface area contributed by atoms with Crippen molar-refractivity contribution in [2.45, 2.75) is 24.3 Å². The van der Waals surface area contributed by atoms with Crippen LogP contribution in [0.3, 0.4) is 0 Å². The molecule has 2 rings (SSSR count). The third kappa shape index (κ3) is 2.88. The van der Waals surface area contributed by atoms with Crippen molar-refractivity contribution in [1.29, 1.82) is 5.26 Å². The molecule has 1 aromatic carbocycles. The molecule has 1 heterocycles. The van der Waals surface area contributed by atoms with Gasteiger partial charge in [-0.1, -0.05) is 24.6 Å². The Morgan fingerprint density at radius 2 is 1.95 bits per heavy atom. The van der Waals surface area contributed by atoms with E-state index >= 15 is 0 Å². The SMILES string of the molecule is CCN1CCN(S(=O)(=O)c2ccc(C)cc2)C[C@]1(C#N)CO. The van der Waals surface area contributed by atoms with E-state index in [9.17, 15) is 18.8 Å². The number of piperazine rings is 1. The van der Waals surface area contributed by atoms with Crippen molar-refractivity contribution in [3.63, 3.8) is 0 Å². The summed E-state index contributed by atoms with van der Waals surface area (Å²) in [4.78, 5) is 2.04. The summed E-state index contributed by atoms with van der Waals surface area (Å²) in [5.74, 6) is 0. The van der Waals surface area contributed by atoms with E-state index in [4.69, 9.17) is 0 Å². The molecule has 22 heavy (non-hydrogen) atoms. The van der Waals surface area contributed by atoms with E-state index in [0.29, 0.717) is 19.6 Å². The quantitative estimate of drug-likeness (QED) is 0.876. The van der Waals surface area contributed by atoms with Gasteiger partial charge in [-0.15, -0.1) is 0 Å². The zero-order valence-corrected chi connectivity index (χ0v) is 13.7. The summed E-state index contributed by atoms with van der Waals surface area (Å²) >= 11 is 0. The number of nitriles is 1. The van der Waals surface area contributed by atoms with Crippen LogP contribution >= 0.6 is 0 Å². The predicted octanol–water partition coefficient (Wildman–Crippen LogP) is 0.576. The van der Waals surface area contributed by atoms with Crippen molar-refractivity contribution in [3.05, 3.63) is 29.8 Å². The molecule has 0 aliphatic carbocycles. The van der Waals surface area contributed by atoms with Gasteiger partial charge in [-0.3, -0.25) is 4.90 Å². The van der Waals surface area contributed by atoms with E-state index < -0.39 is 22.2 Å². The fraction of sp³-hybridized carbons (Fsp3) is 0.533. The third-order valence-corrected chi connectivity index (χ3v) is 6.03. The molecule has 0 amide bonds. The fourth-order valence-electron chi connectivity index (χ4n) is 2.73. The van der Waals surface area contributed by atoms with Gasteiger partial charge in [0.25, 0.3) is 0 Å². The van der Waals surface area contributed by atoms with Gasteiger partial charge in [-0.2, -0.15) is 9.57 Å². The molecular formula is C15H21N3O3S. The van der Waals surface area contributed by atoms with E-state index in [0.717, 1.165) is 5.56 Å². The highest BCUT2D eigenvalue weighted by atomic mass is 32.2. The molecule has 0 spiro atoms. The van der Waals surface area contributed by atoms with Crippen molar-refractivity contribution in [2.75, 3.05) is 32.8 Å². The fourth-order valence-corrected chi connectivity index (χ4v) is 4.22. The van der Waals surface area contributed by atoms with Crippen LogP contribution < -0.4 is 0 Å². The van der Waals surface area contributed by atoms with E-state index in [-0.39, 0.29) is 11.4 Å². The van der Waals surface area contributed by atoms with Gasteiger partial charge in [0.2, 0.25) is 10.0 Å². The zero-order valence-electron chi connectivity index (χ0n) is 12.9. The average Bonchev–Trinajstić information content (AvgIpc) is 2.54. The number of rotatable bonds is 4. The van der Waals surface area contributed by atoms with Gasteiger partial charge < -0.3 is 5.11 Å². The predicted molar refractivity (Wildman–Crippen MR) is 82.6 cm³/mol. The molecule has 1 aromatic rings. The lowest BCUT2D eigenvalue weighted by atomic mass is 9.98. The van der Waals surface area contributed by atoms with Crippen molar-refractivity contribution in [3.8, 4) is 6.07 Å². The van der Waals surface area contributed by atoms with Crippen LogP contribution in [0.5, 0.6) is 0 Å². The summed E-state index contributed by atoms with van der Waals surface area (Å²) in [5, 5.41) is 19.1. The normalized spacial score (nSPS) is 24.1. The van der Waals surface area contributed by atoms with Crippen LogP contribution in [0, 0.1) is 18.3 Å². The zero-order chi connectivity index (χ0) is 16.4. The molecule has 1 N–H and O–H groups in total. The maximum Gasteiger partial charge on any atom is 0.243 e. The number of hydrogen-bond donors (Lipinski definition) is 1. The van der Waals surface area contributed by atoms with Gasteiger partial charge in [0, 0.05) is 19.6 Å². The van der Waals surface area contributed by atoms with Gasteiger partial charge in [0.1, 0.15) is 5.54 Å². The van der Waals surface area contributed by atoms with E-state index in [1.165, 1.54) is 4.31 Å². The molecule has 120 valence electrons. The van der Waals surface area contributed by atoms with Gasteiger partial charge in [0.15, 0.2) is 0 Å². The first kappa shape index (κ1) is 16.9. The van der Waals surface area contributed by atoms with Crippen LogP contribution in [-0.4, -0.2) is 61.1 Å². The van der Waals surface area contributed by atoms with Crippen LogP contribution in [0.1, 0.15) is 12.5 Å². The summed E-state index contributed by atoms with van der Waals surface area (Å²) in [5.41, 5.74) is -0.193. The second kappa shape index (κ2) is 6.34. The highest BCUT2D eigenvalue weighted by Gasteiger charge is 2.44. The summed E-state index contributed by atoms with van der Waals surface area (Å²) in [6, 6.07) is 8.74. The third-order valence-electron chi connectivity index (χ3n) is 4.17. The van der Waals surface area contributed by atoms with Crippen molar-refractivity contribution >= 4 is 10.0 Å². The number of aryl methyl sites for hydroxylation is 1. The largest absolute Gasteiger partial charge is 0.393 e. The second-order valence-corrected chi connectivity index (χ2v) is 7.47. The lowest BCUT2D eigenvalue weighted by Gasteiger charge is -2.44. The second-order valence-electron chi connectivity index (χ2n) is 5.53. The first-order chi connectivity index (χ1) is 10.4. The summed E-state index contributed by atoms with van der Waals surface area (Å²) in [6.07, 6.45) is 0. The average molecular weight is 323 g/mol. The summed E-state index contributed by atoms with van der Waals surface area (Å²) < 4.78 is 26.8. The molecule has 1 saturated heterocycles. The van der Waals surface area contributed by atoms with E-state index in [1.54, 1.807) is 24.3 Å². The van der Waals surface area contributed by atoms with Gasteiger partial charge in [-0.25, -0.2) is 8.42 Å². The Hall–Kier alpha value is -1.46. The van der Waals surface area contributed by atoms with Crippen molar-refractivity contribution in [1.82, 2.24) is 9.21 Å². The first-order valence-electron chi connectivity index (χ1n) is 7.23. The minimum absolute atomic E-state index is 0.0238. The molecule has 7 heteroatoms. The first-order valence-corrected chi connectivity index (χ1v) is 8.67. The number of aliphatic hydroxyl groups excluding tert-OH is 1. The number of benzene rings is 1. The minimum atomic E-state index is -3.66. The minimum Gasteiger partial charge on any atom is -0.393 e. The number of sulfonamides is 1. The molecule has 0 saturated carbocycles. The highest BCUT2D eigenvalue weighted by molar-refractivity contribution is 7.89. The molecule has 1 atom stereocenters. The highest BCUT2D eigenvalue weighted by Crippen LogP contribution is 2.26. The lowest BCUT2D eigenvalue weighted by Crippen LogP contribution is -2.64. The van der Waals surface area contributed by atoms with Gasteiger partial charge in [0.05, 0.1) is 17.6 Å². The van der Waals surface area contributed by atoms with Crippen LogP contribution in [0.4, 0.5) is 0 Å². The summed E-state index contributed by atoms with van der Waals surface area (Å²) in [6.45, 7) is 4.70. The van der Waals surface area contributed by atoms with Crippen LogP contribution in [-0.2, 0) is 10.0 Å². The molecular weight excluding hydrogens is 302 g/mol. The number of hydrogen-bond acceptors (Lipinski definition) is 5. The molecule has 1 aliphatic heterocycles. The van der Waals surface area contributed by atoms with Crippen LogP contribution in [0.2, 0.25) is 0 Å². The standard InChI is InChI=1S/C15H21N3O3S/c1-3-17-8-9-18(11-15(17,10-16)12-19)22(20,21)14-6-4-13(2)5-7-14/h4-7,19H,3,8-9,11-12H2,1-2H3/t15-/m1/s1. The maximum atomic E-state index is 12.7. The molecule has 1 fully saturated rings. The Bertz CT molecular complexity index is 666. The topological polar surface area (TPSA) is 84.6 Å². The molecule has 0 bridgehead atoms. The Labute approximate surface area is 131 Å². The molecule has 0 aromatic heterocycles. The van der Waals surface area contributed by atoms with Gasteiger partial charge >= 0.3 is 0 Å². The Kier molecular flexibility index (Phi) is 4.87. The van der Waals surface area contributed by atoms with E-state index in [1.807, 2.05) is 18.7 Å². The number of aliphatic hydroxyl groups is 1. The number of nitrogens with zero attached hydrogens (tertiary/aromatic N) is 3. The molecule has 0 unspecified atom stereocenters. The molecule has 1 aliphatic rings. The van der Waals surface area contributed by atoms with Crippen LogP contribution in [0.25, 0.3) is 0 Å². The lowest BCUT2D eigenvalue weighted by molar-refractivity contribution is 0.0276. The van der Waals surface area contributed by atoms with E-state index in [2.05, 4.69) is 6.07 Å². The Morgan fingerprint density at radius 1 is 1.32 bits per heavy atom. The number of likely N-dealkylation sites (N-methyl/N-ethyl adjacent to an activating group) is 1. The maximum absolute atomic E-state index is 12.7. The smallest absolute Gasteiger partial charge is 0.243 e. The van der Waals surface area contributed by atoms with Crippen molar-refractivity contribution in [2.24, 2.45) is 0 Å².